The number of hydrogen-bond donors (Lipinski definition) is 0. The predicted molar refractivity (Wildman–Crippen MR) is 124 cm³/mol. The van der Waals surface area contributed by atoms with Crippen molar-refractivity contribution in [2.45, 2.75) is 58.4 Å². The van der Waals surface area contributed by atoms with Crippen molar-refractivity contribution < 1.29 is 19.1 Å². The molecular weight excluding hydrogens is 404 g/mol. The van der Waals surface area contributed by atoms with Crippen LogP contribution in [0.2, 0.25) is 0 Å². The highest BCUT2D eigenvalue weighted by Gasteiger charge is 2.33. The van der Waals surface area contributed by atoms with Crippen molar-refractivity contribution in [2.75, 3.05) is 19.6 Å². The number of nitrogens with zero attached hydrogens (tertiary/aromatic N) is 2. The lowest BCUT2D eigenvalue weighted by atomic mass is 10.0. The molecule has 1 saturated heterocycles. The van der Waals surface area contributed by atoms with E-state index in [1.54, 1.807) is 4.90 Å². The SMILES string of the molecule is CC(C)(C)OC(=O)N(CC(=O)OCc1ccccc1)C1CCN(Cc2ccccc2)CC1. The maximum absolute atomic E-state index is 12.9. The van der Waals surface area contributed by atoms with Crippen LogP contribution in [0.4, 0.5) is 4.79 Å². The summed E-state index contributed by atoms with van der Waals surface area (Å²) >= 11 is 0. The van der Waals surface area contributed by atoms with Crippen LogP contribution in [0.15, 0.2) is 60.7 Å². The summed E-state index contributed by atoms with van der Waals surface area (Å²) in [6.45, 7) is 8.19. The second-order valence-electron chi connectivity index (χ2n) is 9.25. The van der Waals surface area contributed by atoms with Crippen molar-refractivity contribution in [3.63, 3.8) is 0 Å². The Bertz CT molecular complexity index is 856. The van der Waals surface area contributed by atoms with Gasteiger partial charge >= 0.3 is 12.1 Å². The van der Waals surface area contributed by atoms with Gasteiger partial charge in [0.1, 0.15) is 18.8 Å². The number of amides is 1. The first-order valence-electron chi connectivity index (χ1n) is 11.3. The van der Waals surface area contributed by atoms with Crippen molar-refractivity contribution in [1.29, 1.82) is 0 Å². The summed E-state index contributed by atoms with van der Waals surface area (Å²) in [5, 5.41) is 0. The maximum Gasteiger partial charge on any atom is 0.411 e. The molecule has 3 rings (SSSR count). The Kier molecular flexibility index (Phi) is 8.28. The van der Waals surface area contributed by atoms with Crippen LogP contribution in [-0.2, 0) is 27.4 Å². The summed E-state index contributed by atoms with van der Waals surface area (Å²) in [7, 11) is 0. The highest BCUT2D eigenvalue weighted by Crippen LogP contribution is 2.21. The minimum atomic E-state index is -0.628. The number of carbonyl (C=O) groups excluding carboxylic acids is 2. The standard InChI is InChI=1S/C26H34N2O4/c1-26(2,3)32-25(30)28(19-24(29)31-20-22-12-8-5-9-13-22)23-14-16-27(17-15-23)18-21-10-6-4-7-11-21/h4-13,23H,14-20H2,1-3H3. The number of ether oxygens (including phenoxy) is 2. The van der Waals surface area contributed by atoms with Crippen molar-refractivity contribution in [2.24, 2.45) is 0 Å². The molecule has 1 amide bonds. The molecule has 32 heavy (non-hydrogen) atoms. The average Bonchev–Trinajstić information content (AvgIpc) is 2.77. The van der Waals surface area contributed by atoms with E-state index in [1.807, 2.05) is 69.3 Å². The van der Waals surface area contributed by atoms with Gasteiger partial charge in [-0.3, -0.25) is 14.6 Å². The molecule has 0 saturated carbocycles. The van der Waals surface area contributed by atoms with E-state index >= 15 is 0 Å². The molecule has 0 aliphatic carbocycles. The largest absolute Gasteiger partial charge is 0.459 e. The molecule has 0 unspecified atom stereocenters. The summed E-state index contributed by atoms with van der Waals surface area (Å²) in [6.07, 6.45) is 1.12. The monoisotopic (exact) mass is 438 g/mol. The molecule has 0 bridgehead atoms. The number of rotatable bonds is 7. The fourth-order valence-corrected chi connectivity index (χ4v) is 3.82. The molecule has 2 aromatic carbocycles. The fourth-order valence-electron chi connectivity index (χ4n) is 3.82. The minimum Gasteiger partial charge on any atom is -0.459 e. The second kappa shape index (κ2) is 11.1. The lowest BCUT2D eigenvalue weighted by Gasteiger charge is -2.38. The van der Waals surface area contributed by atoms with Gasteiger partial charge in [-0.15, -0.1) is 0 Å². The van der Waals surface area contributed by atoms with Crippen LogP contribution in [0, 0.1) is 0 Å². The topological polar surface area (TPSA) is 59.1 Å². The first-order valence-corrected chi connectivity index (χ1v) is 11.3. The summed E-state index contributed by atoms with van der Waals surface area (Å²) in [4.78, 5) is 29.4. The van der Waals surface area contributed by atoms with E-state index in [1.165, 1.54) is 5.56 Å². The molecule has 172 valence electrons. The lowest BCUT2D eigenvalue weighted by molar-refractivity contribution is -0.147. The number of carbonyl (C=O) groups is 2. The Morgan fingerprint density at radius 3 is 2.06 bits per heavy atom. The third kappa shape index (κ3) is 7.68. The molecule has 6 nitrogen and oxygen atoms in total. The molecule has 1 aliphatic heterocycles. The Morgan fingerprint density at radius 2 is 1.50 bits per heavy atom. The molecule has 6 heteroatoms. The summed E-state index contributed by atoms with van der Waals surface area (Å²) < 4.78 is 11.0. The molecule has 0 N–H and O–H groups in total. The van der Waals surface area contributed by atoms with Crippen molar-refractivity contribution in [3.8, 4) is 0 Å². The molecule has 2 aromatic rings. The van der Waals surface area contributed by atoms with Gasteiger partial charge in [-0.2, -0.15) is 0 Å². The Labute approximate surface area is 191 Å². The van der Waals surface area contributed by atoms with E-state index in [0.717, 1.165) is 38.0 Å². The molecular formula is C26H34N2O4. The zero-order valence-electron chi connectivity index (χ0n) is 19.3. The number of hydrogen-bond acceptors (Lipinski definition) is 5. The molecule has 0 spiro atoms. The first-order chi connectivity index (χ1) is 15.3. The van der Waals surface area contributed by atoms with Gasteiger partial charge in [0.25, 0.3) is 0 Å². The van der Waals surface area contributed by atoms with E-state index in [9.17, 15) is 9.59 Å². The van der Waals surface area contributed by atoms with Gasteiger partial charge < -0.3 is 9.47 Å². The van der Waals surface area contributed by atoms with Gasteiger partial charge in [-0.05, 0) is 44.7 Å². The zero-order valence-corrected chi connectivity index (χ0v) is 19.3. The fraction of sp³-hybridized carbons (Fsp3) is 0.462. The Balaban J connectivity index is 1.58. The van der Waals surface area contributed by atoms with Crippen molar-refractivity contribution in [3.05, 3.63) is 71.8 Å². The van der Waals surface area contributed by atoms with Gasteiger partial charge in [0.2, 0.25) is 0 Å². The van der Waals surface area contributed by atoms with E-state index < -0.39 is 17.7 Å². The lowest BCUT2D eigenvalue weighted by Crippen LogP contribution is -2.50. The van der Waals surface area contributed by atoms with Gasteiger partial charge in [0, 0.05) is 25.7 Å². The van der Waals surface area contributed by atoms with E-state index in [-0.39, 0.29) is 19.2 Å². The number of benzene rings is 2. The molecule has 0 atom stereocenters. The van der Waals surface area contributed by atoms with E-state index in [2.05, 4.69) is 17.0 Å². The quantitative estimate of drug-likeness (QED) is 0.590. The van der Waals surface area contributed by atoms with Gasteiger partial charge in [0.15, 0.2) is 0 Å². The molecule has 1 fully saturated rings. The molecule has 1 heterocycles. The van der Waals surface area contributed by atoms with Crippen LogP contribution in [0.3, 0.4) is 0 Å². The third-order valence-electron chi connectivity index (χ3n) is 5.42. The zero-order chi connectivity index (χ0) is 23.0. The third-order valence-corrected chi connectivity index (χ3v) is 5.42. The van der Waals surface area contributed by atoms with Crippen LogP contribution >= 0.6 is 0 Å². The van der Waals surface area contributed by atoms with Crippen LogP contribution in [0.1, 0.15) is 44.7 Å². The molecule has 0 radical (unpaired) electrons. The van der Waals surface area contributed by atoms with Crippen LogP contribution < -0.4 is 0 Å². The number of esters is 1. The van der Waals surface area contributed by atoms with Crippen LogP contribution in [0.25, 0.3) is 0 Å². The van der Waals surface area contributed by atoms with Gasteiger partial charge in [-0.25, -0.2) is 4.79 Å². The van der Waals surface area contributed by atoms with E-state index in [4.69, 9.17) is 9.47 Å². The van der Waals surface area contributed by atoms with Gasteiger partial charge in [0.05, 0.1) is 0 Å². The Hall–Kier alpha value is -2.86. The normalized spacial score (nSPS) is 15.2. The van der Waals surface area contributed by atoms with E-state index in [0.29, 0.717) is 0 Å². The smallest absolute Gasteiger partial charge is 0.411 e. The van der Waals surface area contributed by atoms with Gasteiger partial charge in [-0.1, -0.05) is 60.7 Å². The summed E-state index contributed by atoms with van der Waals surface area (Å²) in [6, 6.07) is 19.8. The van der Waals surface area contributed by atoms with Crippen molar-refractivity contribution in [1.82, 2.24) is 9.80 Å². The highest BCUT2D eigenvalue weighted by molar-refractivity contribution is 5.78. The number of likely N-dealkylation sites (tertiary alicyclic amines) is 1. The average molecular weight is 439 g/mol. The second-order valence-corrected chi connectivity index (χ2v) is 9.25. The Morgan fingerprint density at radius 1 is 0.938 bits per heavy atom. The summed E-state index contributed by atoms with van der Waals surface area (Å²) in [5.74, 6) is -0.425. The van der Waals surface area contributed by atoms with Crippen LogP contribution in [-0.4, -0.2) is 53.1 Å². The van der Waals surface area contributed by atoms with Crippen molar-refractivity contribution >= 4 is 12.1 Å². The molecule has 1 aliphatic rings. The molecule has 0 aromatic heterocycles. The highest BCUT2D eigenvalue weighted by atomic mass is 16.6. The van der Waals surface area contributed by atoms with Crippen LogP contribution in [0.5, 0.6) is 0 Å². The number of piperidine rings is 1. The first kappa shape index (κ1) is 23.8. The minimum absolute atomic E-state index is 0.0545. The maximum atomic E-state index is 12.9. The predicted octanol–water partition coefficient (Wildman–Crippen LogP) is 4.63. The summed E-state index contributed by atoms with van der Waals surface area (Å²) in [5.41, 5.74) is 1.57.